The molecular weight excluding hydrogens is 292 g/mol. The van der Waals surface area contributed by atoms with Gasteiger partial charge in [0.1, 0.15) is 0 Å². The molecule has 0 aliphatic rings. The number of hydrogen-bond acceptors (Lipinski definition) is 2. The van der Waals surface area contributed by atoms with Crippen LogP contribution in [-0.2, 0) is 5.41 Å². The zero-order valence-corrected chi connectivity index (χ0v) is 15.4. The summed E-state index contributed by atoms with van der Waals surface area (Å²) in [5.74, 6) is 0.825. The third-order valence-electron chi connectivity index (χ3n) is 5.39. The van der Waals surface area contributed by atoms with Crippen LogP contribution in [0.25, 0.3) is 22.3 Å². The molecule has 0 saturated heterocycles. The van der Waals surface area contributed by atoms with E-state index in [-0.39, 0.29) is 5.41 Å². The molecule has 3 rings (SSSR count). The first-order chi connectivity index (χ1) is 11.5. The van der Waals surface area contributed by atoms with Crippen LogP contribution in [0.4, 0.5) is 0 Å². The number of aryl methyl sites for hydroxylation is 2. The van der Waals surface area contributed by atoms with Crippen molar-refractivity contribution in [2.75, 3.05) is 0 Å². The van der Waals surface area contributed by atoms with Crippen LogP contribution in [0.3, 0.4) is 0 Å². The van der Waals surface area contributed by atoms with Gasteiger partial charge in [-0.15, -0.1) is 0 Å². The molecule has 2 nitrogen and oxygen atoms in total. The number of aromatic nitrogens is 2. The molecular formula is C22H26N2. The van der Waals surface area contributed by atoms with Crippen LogP contribution in [0.2, 0.25) is 0 Å². The molecule has 0 amide bonds. The van der Waals surface area contributed by atoms with Gasteiger partial charge in [0.2, 0.25) is 0 Å². The Morgan fingerprint density at radius 3 is 2.33 bits per heavy atom. The van der Waals surface area contributed by atoms with Crippen molar-refractivity contribution in [3.05, 3.63) is 59.3 Å². The smallest absolute Gasteiger partial charge is 0.160 e. The summed E-state index contributed by atoms with van der Waals surface area (Å²) in [4.78, 5) is 9.59. The summed E-state index contributed by atoms with van der Waals surface area (Å²) >= 11 is 0. The zero-order valence-electron chi connectivity index (χ0n) is 15.4. The first kappa shape index (κ1) is 16.6. The van der Waals surface area contributed by atoms with Crippen molar-refractivity contribution in [2.24, 2.45) is 0 Å². The Hall–Kier alpha value is -2.22. The van der Waals surface area contributed by atoms with E-state index in [2.05, 4.69) is 65.0 Å². The number of nitrogens with zero attached hydrogens (tertiary/aromatic N) is 2. The minimum absolute atomic E-state index is 0.201. The van der Waals surface area contributed by atoms with Gasteiger partial charge in [0.05, 0.1) is 5.52 Å². The van der Waals surface area contributed by atoms with Crippen LogP contribution in [-0.4, -0.2) is 9.97 Å². The van der Waals surface area contributed by atoms with Crippen LogP contribution in [0, 0.1) is 13.8 Å². The molecule has 0 fully saturated rings. The number of rotatable bonds is 4. The lowest BCUT2D eigenvalue weighted by atomic mass is 9.77. The third kappa shape index (κ3) is 2.93. The number of para-hydroxylation sites is 1. The van der Waals surface area contributed by atoms with Crippen LogP contribution in [0.5, 0.6) is 0 Å². The van der Waals surface area contributed by atoms with Crippen molar-refractivity contribution >= 4 is 10.9 Å². The molecule has 0 N–H and O–H groups in total. The van der Waals surface area contributed by atoms with Gasteiger partial charge in [-0.1, -0.05) is 50.6 Å². The standard InChI is InChI=1S/C22H26N2/c1-6-22(5,7-2)18-13-15(3)12-17(14-18)21-23-16(4)19-10-8-9-11-20(19)24-21/h8-14H,6-7H2,1-5H3. The minimum Gasteiger partial charge on any atom is -0.233 e. The molecule has 2 aromatic carbocycles. The van der Waals surface area contributed by atoms with E-state index in [9.17, 15) is 0 Å². The van der Waals surface area contributed by atoms with E-state index in [1.165, 1.54) is 11.1 Å². The van der Waals surface area contributed by atoms with Crippen LogP contribution in [0.15, 0.2) is 42.5 Å². The van der Waals surface area contributed by atoms with Gasteiger partial charge in [0.25, 0.3) is 0 Å². The SMILES string of the molecule is CCC(C)(CC)c1cc(C)cc(-c2nc(C)c3ccccc3n2)c1. The summed E-state index contributed by atoms with van der Waals surface area (Å²) in [5.41, 5.74) is 6.02. The van der Waals surface area contributed by atoms with Crippen molar-refractivity contribution < 1.29 is 0 Å². The monoisotopic (exact) mass is 318 g/mol. The molecule has 0 atom stereocenters. The zero-order chi connectivity index (χ0) is 17.3. The maximum absolute atomic E-state index is 4.81. The number of fused-ring (bicyclic) bond motifs is 1. The molecule has 0 saturated carbocycles. The van der Waals surface area contributed by atoms with E-state index in [4.69, 9.17) is 9.97 Å². The van der Waals surface area contributed by atoms with Gasteiger partial charge in [0.15, 0.2) is 5.82 Å². The highest BCUT2D eigenvalue weighted by Gasteiger charge is 2.23. The lowest BCUT2D eigenvalue weighted by Gasteiger charge is -2.28. The molecule has 0 unspecified atom stereocenters. The molecule has 1 aromatic heterocycles. The Morgan fingerprint density at radius 1 is 0.917 bits per heavy atom. The molecule has 1 heterocycles. The number of hydrogen-bond donors (Lipinski definition) is 0. The summed E-state index contributed by atoms with van der Waals surface area (Å²) in [6.07, 6.45) is 2.26. The lowest BCUT2D eigenvalue weighted by molar-refractivity contribution is 0.439. The molecule has 124 valence electrons. The van der Waals surface area contributed by atoms with E-state index in [1.54, 1.807) is 0 Å². The van der Waals surface area contributed by atoms with Gasteiger partial charge in [-0.05, 0) is 55.9 Å². The molecule has 24 heavy (non-hydrogen) atoms. The molecule has 0 aliphatic carbocycles. The summed E-state index contributed by atoms with van der Waals surface area (Å²) in [5, 5.41) is 1.13. The van der Waals surface area contributed by atoms with Crippen LogP contribution >= 0.6 is 0 Å². The average molecular weight is 318 g/mol. The fourth-order valence-corrected chi connectivity index (χ4v) is 3.28. The minimum atomic E-state index is 0.201. The summed E-state index contributed by atoms with van der Waals surface area (Å²) in [6.45, 7) is 11.1. The van der Waals surface area contributed by atoms with Crippen molar-refractivity contribution in [1.82, 2.24) is 9.97 Å². The second-order valence-electron chi connectivity index (χ2n) is 7.01. The van der Waals surface area contributed by atoms with E-state index < -0.39 is 0 Å². The Morgan fingerprint density at radius 2 is 1.62 bits per heavy atom. The number of benzene rings is 2. The van der Waals surface area contributed by atoms with Crippen molar-refractivity contribution in [2.45, 2.75) is 52.9 Å². The quantitative estimate of drug-likeness (QED) is 0.590. The Labute approximate surface area is 145 Å². The Balaban J connectivity index is 2.18. The fourth-order valence-electron chi connectivity index (χ4n) is 3.28. The Kier molecular flexibility index (Phi) is 4.40. The van der Waals surface area contributed by atoms with Gasteiger partial charge >= 0.3 is 0 Å². The van der Waals surface area contributed by atoms with E-state index in [1.807, 2.05) is 12.1 Å². The topological polar surface area (TPSA) is 25.8 Å². The van der Waals surface area contributed by atoms with E-state index in [0.29, 0.717) is 0 Å². The molecule has 0 aliphatic heterocycles. The summed E-state index contributed by atoms with van der Waals surface area (Å²) in [6, 6.07) is 15.0. The first-order valence-corrected chi connectivity index (χ1v) is 8.83. The predicted octanol–water partition coefficient (Wildman–Crippen LogP) is 5.99. The highest BCUT2D eigenvalue weighted by atomic mass is 14.9. The normalized spacial score (nSPS) is 11.9. The molecule has 0 radical (unpaired) electrons. The van der Waals surface area contributed by atoms with Gasteiger partial charge in [-0.25, -0.2) is 9.97 Å². The molecule has 0 spiro atoms. The largest absolute Gasteiger partial charge is 0.233 e. The average Bonchev–Trinajstić information content (AvgIpc) is 2.60. The second kappa shape index (κ2) is 6.35. The molecule has 3 aromatic rings. The highest BCUT2D eigenvalue weighted by Crippen LogP contribution is 2.34. The summed E-state index contributed by atoms with van der Waals surface area (Å²) in [7, 11) is 0. The maximum atomic E-state index is 4.81. The van der Waals surface area contributed by atoms with Gasteiger partial charge in [0, 0.05) is 16.6 Å². The first-order valence-electron chi connectivity index (χ1n) is 8.83. The maximum Gasteiger partial charge on any atom is 0.160 e. The van der Waals surface area contributed by atoms with Crippen LogP contribution < -0.4 is 0 Å². The molecule has 0 bridgehead atoms. The predicted molar refractivity (Wildman–Crippen MR) is 102 cm³/mol. The highest BCUT2D eigenvalue weighted by molar-refractivity contribution is 5.82. The third-order valence-corrected chi connectivity index (χ3v) is 5.39. The Bertz CT molecular complexity index is 876. The van der Waals surface area contributed by atoms with Gasteiger partial charge in [-0.2, -0.15) is 0 Å². The fraction of sp³-hybridized carbons (Fsp3) is 0.364. The van der Waals surface area contributed by atoms with Gasteiger partial charge < -0.3 is 0 Å². The summed E-state index contributed by atoms with van der Waals surface area (Å²) < 4.78 is 0. The second-order valence-corrected chi connectivity index (χ2v) is 7.01. The van der Waals surface area contributed by atoms with Crippen molar-refractivity contribution in [1.29, 1.82) is 0 Å². The van der Waals surface area contributed by atoms with E-state index >= 15 is 0 Å². The van der Waals surface area contributed by atoms with Crippen LogP contribution in [0.1, 0.15) is 50.4 Å². The van der Waals surface area contributed by atoms with Crippen molar-refractivity contribution in [3.8, 4) is 11.4 Å². The van der Waals surface area contributed by atoms with Crippen molar-refractivity contribution in [3.63, 3.8) is 0 Å². The molecule has 2 heteroatoms. The lowest BCUT2D eigenvalue weighted by Crippen LogP contribution is -2.19. The van der Waals surface area contributed by atoms with Gasteiger partial charge in [-0.3, -0.25) is 0 Å². The van der Waals surface area contributed by atoms with E-state index in [0.717, 1.165) is 40.8 Å².